The fourth-order valence-electron chi connectivity index (χ4n) is 2.05. The van der Waals surface area contributed by atoms with Crippen LogP contribution in [0.2, 0.25) is 0 Å². The normalized spacial score (nSPS) is 11.4. The van der Waals surface area contributed by atoms with Crippen molar-refractivity contribution in [1.29, 1.82) is 5.26 Å². The van der Waals surface area contributed by atoms with Gasteiger partial charge in [-0.15, -0.1) is 11.8 Å². The van der Waals surface area contributed by atoms with E-state index in [9.17, 15) is 9.59 Å². The molecular formula is C17H18N4O3S. The summed E-state index contributed by atoms with van der Waals surface area (Å²) >= 11 is 1.21. The number of carbonyl (C=O) groups is 2. The van der Waals surface area contributed by atoms with Crippen molar-refractivity contribution in [3.05, 3.63) is 47.2 Å². The smallest absolute Gasteiger partial charge is 0.235 e. The van der Waals surface area contributed by atoms with Crippen LogP contribution in [-0.2, 0) is 9.59 Å². The van der Waals surface area contributed by atoms with Crippen molar-refractivity contribution in [2.75, 3.05) is 16.8 Å². The van der Waals surface area contributed by atoms with Gasteiger partial charge in [-0.2, -0.15) is 5.26 Å². The van der Waals surface area contributed by atoms with E-state index in [1.165, 1.54) is 11.8 Å². The highest BCUT2D eigenvalue weighted by atomic mass is 32.2. The molecule has 8 heteroatoms. The second kappa shape index (κ2) is 8.89. The Bertz CT molecular complexity index is 780. The number of benzene rings is 1. The van der Waals surface area contributed by atoms with Crippen LogP contribution in [0.4, 0.5) is 5.82 Å². The van der Waals surface area contributed by atoms with Gasteiger partial charge in [0.15, 0.2) is 5.82 Å². The quantitative estimate of drug-likeness (QED) is 0.787. The lowest BCUT2D eigenvalue weighted by atomic mass is 10.1. The molecule has 2 rings (SSSR count). The average molecular weight is 358 g/mol. The Hall–Kier alpha value is -2.79. The molecule has 1 aromatic carbocycles. The van der Waals surface area contributed by atoms with Crippen LogP contribution in [0.5, 0.6) is 0 Å². The van der Waals surface area contributed by atoms with Gasteiger partial charge < -0.3 is 15.2 Å². The molecule has 0 saturated carbocycles. The van der Waals surface area contributed by atoms with E-state index in [1.807, 2.05) is 19.1 Å². The lowest BCUT2D eigenvalue weighted by molar-refractivity contribution is -0.119. The zero-order chi connectivity index (χ0) is 18.2. The van der Waals surface area contributed by atoms with Crippen molar-refractivity contribution in [2.24, 2.45) is 0 Å². The number of aryl methyl sites for hydroxylation is 1. The third-order valence-corrected chi connectivity index (χ3v) is 4.21. The first-order valence-corrected chi connectivity index (χ1v) is 8.73. The molecule has 2 amide bonds. The minimum atomic E-state index is -0.244. The Balaban J connectivity index is 1.70. The van der Waals surface area contributed by atoms with Gasteiger partial charge in [0.1, 0.15) is 5.76 Å². The Kier molecular flexibility index (Phi) is 6.60. The van der Waals surface area contributed by atoms with E-state index < -0.39 is 0 Å². The Morgan fingerprint density at radius 3 is 2.56 bits per heavy atom. The summed E-state index contributed by atoms with van der Waals surface area (Å²) in [6, 6.07) is 10.5. The van der Waals surface area contributed by atoms with Crippen LogP contribution in [0.15, 0.2) is 34.9 Å². The van der Waals surface area contributed by atoms with Gasteiger partial charge in [-0.3, -0.25) is 9.59 Å². The van der Waals surface area contributed by atoms with Gasteiger partial charge in [-0.25, -0.2) is 0 Å². The molecule has 7 nitrogen and oxygen atoms in total. The molecule has 2 aromatic rings. The lowest BCUT2D eigenvalue weighted by Crippen LogP contribution is -2.28. The predicted molar refractivity (Wildman–Crippen MR) is 94.9 cm³/mol. The largest absolute Gasteiger partial charge is 0.360 e. The number of nitrogens with zero attached hydrogens (tertiary/aromatic N) is 2. The molecule has 0 aliphatic carbocycles. The first kappa shape index (κ1) is 18.5. The molecule has 1 aromatic heterocycles. The molecule has 1 unspecified atom stereocenters. The minimum absolute atomic E-state index is 0.143. The van der Waals surface area contributed by atoms with E-state index in [0.29, 0.717) is 17.1 Å². The van der Waals surface area contributed by atoms with Crippen LogP contribution >= 0.6 is 11.8 Å². The zero-order valence-electron chi connectivity index (χ0n) is 13.9. The van der Waals surface area contributed by atoms with Crippen LogP contribution in [0, 0.1) is 18.3 Å². The Labute approximate surface area is 149 Å². The van der Waals surface area contributed by atoms with Crippen molar-refractivity contribution in [1.82, 2.24) is 10.5 Å². The van der Waals surface area contributed by atoms with Crippen LogP contribution in [0.1, 0.15) is 29.9 Å². The van der Waals surface area contributed by atoms with Crippen molar-refractivity contribution in [3.8, 4) is 6.07 Å². The minimum Gasteiger partial charge on any atom is -0.360 e. The molecule has 1 heterocycles. The molecule has 0 aliphatic rings. The molecular weight excluding hydrogens is 340 g/mol. The maximum atomic E-state index is 11.9. The standard InChI is InChI=1S/C17H18N4O3S/c1-11-7-15(21-24-11)20-17(23)10-25-9-16(22)19-12(2)14-5-3-13(8-18)4-6-14/h3-7,12H,9-10H2,1-2H3,(H,19,22)(H,20,21,23). The topological polar surface area (TPSA) is 108 Å². The molecule has 0 aliphatic heterocycles. The van der Waals surface area contributed by atoms with Gasteiger partial charge in [0.2, 0.25) is 11.8 Å². The molecule has 2 N–H and O–H groups in total. The highest BCUT2D eigenvalue weighted by molar-refractivity contribution is 8.00. The number of anilines is 1. The number of amides is 2. The lowest BCUT2D eigenvalue weighted by Gasteiger charge is -2.14. The van der Waals surface area contributed by atoms with E-state index >= 15 is 0 Å². The first-order valence-electron chi connectivity index (χ1n) is 7.58. The first-order chi connectivity index (χ1) is 12.0. The Morgan fingerprint density at radius 2 is 1.96 bits per heavy atom. The number of nitrogens with one attached hydrogen (secondary N) is 2. The van der Waals surface area contributed by atoms with Crippen molar-refractivity contribution in [3.63, 3.8) is 0 Å². The van der Waals surface area contributed by atoms with E-state index in [1.54, 1.807) is 25.1 Å². The summed E-state index contributed by atoms with van der Waals surface area (Å²) in [6.45, 7) is 3.60. The number of carbonyl (C=O) groups excluding carboxylic acids is 2. The van der Waals surface area contributed by atoms with E-state index in [2.05, 4.69) is 21.9 Å². The van der Waals surface area contributed by atoms with Crippen LogP contribution in [0.25, 0.3) is 0 Å². The fourth-order valence-corrected chi connectivity index (χ4v) is 2.68. The molecule has 0 radical (unpaired) electrons. The van der Waals surface area contributed by atoms with E-state index in [4.69, 9.17) is 9.78 Å². The molecule has 0 bridgehead atoms. The number of aromatic nitrogens is 1. The van der Waals surface area contributed by atoms with Gasteiger partial charge in [0.05, 0.1) is 29.2 Å². The predicted octanol–water partition coefficient (Wildman–Crippen LogP) is 2.40. The van der Waals surface area contributed by atoms with Crippen LogP contribution in [0.3, 0.4) is 0 Å². The SMILES string of the molecule is Cc1cc(NC(=O)CSCC(=O)NC(C)c2ccc(C#N)cc2)no1. The molecule has 0 fully saturated rings. The van der Waals surface area contributed by atoms with Crippen LogP contribution in [-0.4, -0.2) is 28.5 Å². The average Bonchev–Trinajstić information content (AvgIpc) is 2.99. The molecule has 25 heavy (non-hydrogen) atoms. The maximum Gasteiger partial charge on any atom is 0.235 e. The summed E-state index contributed by atoms with van der Waals surface area (Å²) in [4.78, 5) is 23.7. The number of rotatable bonds is 7. The number of hydrogen-bond acceptors (Lipinski definition) is 6. The van der Waals surface area contributed by atoms with E-state index in [-0.39, 0.29) is 29.4 Å². The zero-order valence-corrected chi connectivity index (χ0v) is 14.7. The summed E-state index contributed by atoms with van der Waals surface area (Å²) in [5, 5.41) is 17.9. The monoisotopic (exact) mass is 358 g/mol. The fraction of sp³-hybridized carbons (Fsp3) is 0.294. The Morgan fingerprint density at radius 1 is 1.28 bits per heavy atom. The maximum absolute atomic E-state index is 11.9. The van der Waals surface area contributed by atoms with Gasteiger partial charge >= 0.3 is 0 Å². The number of nitriles is 1. The summed E-state index contributed by atoms with van der Waals surface area (Å²) in [6.07, 6.45) is 0. The van der Waals surface area contributed by atoms with Crippen molar-refractivity contribution < 1.29 is 14.1 Å². The highest BCUT2D eigenvalue weighted by Gasteiger charge is 2.11. The highest BCUT2D eigenvalue weighted by Crippen LogP contribution is 2.14. The van der Waals surface area contributed by atoms with Crippen molar-refractivity contribution >= 4 is 29.4 Å². The van der Waals surface area contributed by atoms with Crippen LogP contribution < -0.4 is 10.6 Å². The molecule has 0 saturated heterocycles. The molecule has 1 atom stereocenters. The summed E-state index contributed by atoms with van der Waals surface area (Å²) in [5.74, 6) is 0.885. The summed E-state index contributed by atoms with van der Waals surface area (Å²) in [7, 11) is 0. The van der Waals surface area contributed by atoms with Gasteiger partial charge in [-0.1, -0.05) is 17.3 Å². The summed E-state index contributed by atoms with van der Waals surface area (Å²) in [5.41, 5.74) is 1.49. The second-order valence-electron chi connectivity index (χ2n) is 5.39. The third-order valence-electron chi connectivity index (χ3n) is 3.28. The van der Waals surface area contributed by atoms with Crippen molar-refractivity contribution in [2.45, 2.75) is 19.9 Å². The van der Waals surface area contributed by atoms with Gasteiger partial charge in [0, 0.05) is 6.07 Å². The molecule has 0 spiro atoms. The van der Waals surface area contributed by atoms with Gasteiger partial charge in [-0.05, 0) is 31.5 Å². The van der Waals surface area contributed by atoms with Gasteiger partial charge in [0.25, 0.3) is 0 Å². The number of thioether (sulfide) groups is 1. The molecule has 130 valence electrons. The third kappa shape index (κ3) is 5.97. The number of hydrogen-bond donors (Lipinski definition) is 2. The van der Waals surface area contributed by atoms with E-state index in [0.717, 1.165) is 5.56 Å². The second-order valence-corrected chi connectivity index (χ2v) is 6.37. The summed E-state index contributed by atoms with van der Waals surface area (Å²) < 4.78 is 4.85.